The maximum absolute atomic E-state index is 12.3. The van der Waals surface area contributed by atoms with E-state index in [2.05, 4.69) is 5.32 Å². The molecule has 1 amide bonds. The molecule has 136 valence electrons. The standard InChI is InChI=1S/C19H25NO5/c1-2-24-14-5-3-12(4-6-14)9-13(19(22)23)11-20-18(21)16-10-15-7-8-17(16)25-15/h3-6,13,15-17H,2,7-11H2,1H3,(H,20,21)(H,22,23). The number of carboxylic acid groups (broad SMARTS) is 1. The number of carbonyl (C=O) groups excluding carboxylic acids is 1. The molecule has 0 aromatic heterocycles. The van der Waals surface area contributed by atoms with Gasteiger partial charge in [0.25, 0.3) is 0 Å². The summed E-state index contributed by atoms with van der Waals surface area (Å²) < 4.78 is 11.1. The predicted molar refractivity (Wildman–Crippen MR) is 91.5 cm³/mol. The van der Waals surface area contributed by atoms with Crippen LogP contribution in [0.25, 0.3) is 0 Å². The molecule has 3 rings (SSSR count). The third-order valence-electron chi connectivity index (χ3n) is 5.03. The molecular formula is C19H25NO5. The molecule has 4 unspecified atom stereocenters. The van der Waals surface area contributed by atoms with E-state index in [0.717, 1.165) is 30.6 Å². The molecule has 2 N–H and O–H groups in total. The van der Waals surface area contributed by atoms with Gasteiger partial charge in [-0.3, -0.25) is 9.59 Å². The summed E-state index contributed by atoms with van der Waals surface area (Å²) in [5, 5.41) is 12.3. The van der Waals surface area contributed by atoms with Gasteiger partial charge in [-0.05, 0) is 50.3 Å². The van der Waals surface area contributed by atoms with E-state index >= 15 is 0 Å². The van der Waals surface area contributed by atoms with Crippen LogP contribution < -0.4 is 10.1 Å². The second kappa shape index (κ2) is 7.87. The molecule has 0 aliphatic carbocycles. The lowest BCUT2D eigenvalue weighted by Gasteiger charge is -2.20. The summed E-state index contributed by atoms with van der Waals surface area (Å²) in [5.74, 6) is -0.994. The van der Waals surface area contributed by atoms with Crippen molar-refractivity contribution in [1.29, 1.82) is 0 Å². The number of carbonyl (C=O) groups is 2. The van der Waals surface area contributed by atoms with Crippen LogP contribution in [0.2, 0.25) is 0 Å². The lowest BCUT2D eigenvalue weighted by atomic mass is 9.88. The van der Waals surface area contributed by atoms with Crippen molar-refractivity contribution in [3.8, 4) is 5.75 Å². The number of rotatable bonds is 8. The molecule has 4 atom stereocenters. The van der Waals surface area contributed by atoms with E-state index in [-0.39, 0.29) is 30.6 Å². The van der Waals surface area contributed by atoms with Gasteiger partial charge in [0.15, 0.2) is 0 Å². The van der Waals surface area contributed by atoms with Crippen LogP contribution in [0, 0.1) is 11.8 Å². The highest BCUT2D eigenvalue weighted by atomic mass is 16.5. The van der Waals surface area contributed by atoms with Crippen LogP contribution in [0.15, 0.2) is 24.3 Å². The quantitative estimate of drug-likeness (QED) is 0.751. The van der Waals surface area contributed by atoms with Crippen LogP contribution in [0.5, 0.6) is 5.75 Å². The van der Waals surface area contributed by atoms with Gasteiger partial charge in [0.1, 0.15) is 5.75 Å². The summed E-state index contributed by atoms with van der Waals surface area (Å²) >= 11 is 0. The Morgan fingerprint density at radius 3 is 2.64 bits per heavy atom. The first-order valence-corrected chi connectivity index (χ1v) is 8.94. The lowest BCUT2D eigenvalue weighted by Crippen LogP contribution is -2.40. The van der Waals surface area contributed by atoms with Crippen LogP contribution >= 0.6 is 0 Å². The van der Waals surface area contributed by atoms with Gasteiger partial charge in [-0.1, -0.05) is 12.1 Å². The molecule has 25 heavy (non-hydrogen) atoms. The number of fused-ring (bicyclic) bond motifs is 2. The van der Waals surface area contributed by atoms with E-state index in [1.54, 1.807) is 0 Å². The Bertz CT molecular complexity index is 615. The maximum Gasteiger partial charge on any atom is 0.308 e. The summed E-state index contributed by atoms with van der Waals surface area (Å²) in [6, 6.07) is 7.41. The molecule has 2 bridgehead atoms. The zero-order valence-electron chi connectivity index (χ0n) is 14.4. The minimum atomic E-state index is -0.904. The van der Waals surface area contributed by atoms with Crippen LogP contribution in [0.4, 0.5) is 0 Å². The summed E-state index contributed by atoms with van der Waals surface area (Å²) in [7, 11) is 0. The topological polar surface area (TPSA) is 84.9 Å². The first-order chi connectivity index (χ1) is 12.1. The SMILES string of the molecule is CCOc1ccc(CC(CNC(=O)C2CC3CCC2O3)C(=O)O)cc1. The molecule has 6 heteroatoms. The van der Waals surface area contributed by atoms with Crippen LogP contribution in [-0.2, 0) is 20.7 Å². The molecule has 0 saturated carbocycles. The predicted octanol–water partition coefficient (Wildman–Crippen LogP) is 2.01. The molecule has 2 aliphatic rings. The first kappa shape index (κ1) is 17.7. The highest BCUT2D eigenvalue weighted by molar-refractivity contribution is 5.80. The summed E-state index contributed by atoms with van der Waals surface area (Å²) in [6.45, 7) is 2.64. The van der Waals surface area contributed by atoms with E-state index in [0.29, 0.717) is 13.0 Å². The number of amides is 1. The Kier molecular flexibility index (Phi) is 5.58. The number of carboxylic acids is 1. The van der Waals surface area contributed by atoms with Gasteiger partial charge in [0.2, 0.25) is 5.91 Å². The van der Waals surface area contributed by atoms with Gasteiger partial charge in [-0.15, -0.1) is 0 Å². The van der Waals surface area contributed by atoms with Gasteiger partial charge in [-0.2, -0.15) is 0 Å². The highest BCUT2D eigenvalue weighted by Gasteiger charge is 2.44. The Balaban J connectivity index is 1.52. The van der Waals surface area contributed by atoms with Gasteiger partial charge in [0, 0.05) is 6.54 Å². The van der Waals surface area contributed by atoms with Crippen molar-refractivity contribution in [3.05, 3.63) is 29.8 Å². The average molecular weight is 347 g/mol. The van der Waals surface area contributed by atoms with Gasteiger partial charge < -0.3 is 19.9 Å². The Morgan fingerprint density at radius 1 is 1.32 bits per heavy atom. The van der Waals surface area contributed by atoms with Crippen molar-refractivity contribution in [2.75, 3.05) is 13.2 Å². The van der Waals surface area contributed by atoms with Gasteiger partial charge in [-0.25, -0.2) is 0 Å². The molecular weight excluding hydrogens is 322 g/mol. The Labute approximate surface area is 147 Å². The van der Waals surface area contributed by atoms with E-state index < -0.39 is 11.9 Å². The van der Waals surface area contributed by atoms with E-state index in [9.17, 15) is 14.7 Å². The fraction of sp³-hybridized carbons (Fsp3) is 0.579. The van der Waals surface area contributed by atoms with E-state index in [4.69, 9.17) is 9.47 Å². The smallest absolute Gasteiger partial charge is 0.308 e. The zero-order valence-corrected chi connectivity index (χ0v) is 14.4. The number of nitrogens with one attached hydrogen (secondary N) is 1. The van der Waals surface area contributed by atoms with Crippen molar-refractivity contribution >= 4 is 11.9 Å². The van der Waals surface area contributed by atoms with E-state index in [1.165, 1.54) is 0 Å². The monoisotopic (exact) mass is 347 g/mol. The number of hydrogen-bond acceptors (Lipinski definition) is 4. The molecule has 2 saturated heterocycles. The van der Waals surface area contributed by atoms with Crippen molar-refractivity contribution in [2.45, 2.75) is 44.8 Å². The summed E-state index contributed by atoms with van der Waals surface area (Å²) in [4.78, 5) is 23.9. The molecule has 6 nitrogen and oxygen atoms in total. The van der Waals surface area contributed by atoms with Crippen LogP contribution in [0.3, 0.4) is 0 Å². The third kappa shape index (κ3) is 4.31. The largest absolute Gasteiger partial charge is 0.494 e. The van der Waals surface area contributed by atoms with Crippen molar-refractivity contribution in [2.24, 2.45) is 11.8 Å². The lowest BCUT2D eigenvalue weighted by molar-refractivity contribution is -0.141. The molecule has 0 spiro atoms. The maximum atomic E-state index is 12.3. The van der Waals surface area contributed by atoms with Crippen LogP contribution in [-0.4, -0.2) is 42.3 Å². The van der Waals surface area contributed by atoms with Crippen molar-refractivity contribution < 1.29 is 24.2 Å². The first-order valence-electron chi connectivity index (χ1n) is 8.94. The Morgan fingerprint density at radius 2 is 2.08 bits per heavy atom. The zero-order chi connectivity index (χ0) is 17.8. The highest BCUT2D eigenvalue weighted by Crippen LogP contribution is 2.38. The van der Waals surface area contributed by atoms with Crippen molar-refractivity contribution in [3.63, 3.8) is 0 Å². The molecule has 1 aromatic carbocycles. The fourth-order valence-electron chi connectivity index (χ4n) is 3.69. The second-order valence-corrected chi connectivity index (χ2v) is 6.78. The van der Waals surface area contributed by atoms with Crippen LogP contribution in [0.1, 0.15) is 31.7 Å². The molecule has 0 radical (unpaired) electrons. The van der Waals surface area contributed by atoms with Gasteiger partial charge >= 0.3 is 5.97 Å². The fourth-order valence-corrected chi connectivity index (χ4v) is 3.69. The normalized spacial score (nSPS) is 25.6. The molecule has 2 heterocycles. The van der Waals surface area contributed by atoms with Crippen molar-refractivity contribution in [1.82, 2.24) is 5.32 Å². The minimum absolute atomic E-state index is 0.0133. The Hall–Kier alpha value is -2.08. The summed E-state index contributed by atoms with van der Waals surface area (Å²) in [6.07, 6.45) is 3.31. The minimum Gasteiger partial charge on any atom is -0.494 e. The number of aliphatic carboxylic acids is 1. The molecule has 2 fully saturated rings. The number of hydrogen-bond donors (Lipinski definition) is 2. The molecule has 1 aromatic rings. The third-order valence-corrected chi connectivity index (χ3v) is 5.03. The number of benzene rings is 1. The number of ether oxygens (including phenoxy) is 2. The van der Waals surface area contributed by atoms with E-state index in [1.807, 2.05) is 31.2 Å². The average Bonchev–Trinajstić information content (AvgIpc) is 3.23. The second-order valence-electron chi connectivity index (χ2n) is 6.78. The van der Waals surface area contributed by atoms with Gasteiger partial charge in [0.05, 0.1) is 30.7 Å². The molecule has 2 aliphatic heterocycles. The summed E-state index contributed by atoms with van der Waals surface area (Å²) in [5.41, 5.74) is 0.911.